The van der Waals surface area contributed by atoms with Gasteiger partial charge < -0.3 is 10.6 Å². The molecule has 1 aliphatic rings. The number of hydrogen-bond donors (Lipinski definition) is 2. The zero-order chi connectivity index (χ0) is 11.9. The first-order valence-electron chi connectivity index (χ1n) is 6.94. The highest BCUT2D eigenvalue weighted by atomic mass is 15.0. The van der Waals surface area contributed by atoms with Gasteiger partial charge in [0.05, 0.1) is 0 Å². The second-order valence-corrected chi connectivity index (χ2v) is 4.97. The molecule has 1 saturated heterocycles. The lowest BCUT2D eigenvalue weighted by molar-refractivity contribution is 0.479. The molecule has 0 amide bonds. The molecule has 17 heavy (non-hydrogen) atoms. The van der Waals surface area contributed by atoms with Crippen LogP contribution in [0.4, 0.5) is 5.69 Å². The second kappa shape index (κ2) is 6.65. The summed E-state index contributed by atoms with van der Waals surface area (Å²) in [6, 6.07) is 9.57. The third kappa shape index (κ3) is 4.04. The fourth-order valence-electron chi connectivity index (χ4n) is 2.40. The van der Waals surface area contributed by atoms with Crippen LogP contribution in [0.15, 0.2) is 24.3 Å². The van der Waals surface area contributed by atoms with Gasteiger partial charge >= 0.3 is 0 Å². The van der Waals surface area contributed by atoms with Crippen molar-refractivity contribution < 1.29 is 0 Å². The minimum atomic E-state index is 0.651. The Bertz CT molecular complexity index is 329. The predicted molar refractivity (Wildman–Crippen MR) is 74.6 cm³/mol. The number of benzene rings is 1. The van der Waals surface area contributed by atoms with Crippen molar-refractivity contribution in [2.75, 3.05) is 18.4 Å². The fraction of sp³-hybridized carbons (Fsp3) is 0.600. The first-order valence-corrected chi connectivity index (χ1v) is 6.94. The summed E-state index contributed by atoms with van der Waals surface area (Å²) in [6.45, 7) is 4.54. The minimum absolute atomic E-state index is 0.651. The average Bonchev–Trinajstić information content (AvgIpc) is 2.38. The Kier molecular flexibility index (Phi) is 4.87. The Morgan fingerprint density at radius 2 is 2.12 bits per heavy atom. The monoisotopic (exact) mass is 232 g/mol. The Labute approximate surface area is 105 Å². The van der Waals surface area contributed by atoms with Crippen LogP contribution in [-0.4, -0.2) is 19.1 Å². The number of aryl methyl sites for hydroxylation is 1. The molecule has 2 rings (SSSR count). The van der Waals surface area contributed by atoms with E-state index in [1.54, 1.807) is 0 Å². The van der Waals surface area contributed by atoms with Crippen LogP contribution >= 0.6 is 0 Å². The second-order valence-electron chi connectivity index (χ2n) is 4.97. The van der Waals surface area contributed by atoms with E-state index in [-0.39, 0.29) is 0 Å². The molecular formula is C15H24N2. The van der Waals surface area contributed by atoms with Gasteiger partial charge in [0.2, 0.25) is 0 Å². The molecular weight excluding hydrogens is 208 g/mol. The predicted octanol–water partition coefficient (Wildman–Crippen LogP) is 3.19. The maximum atomic E-state index is 3.66. The van der Waals surface area contributed by atoms with Gasteiger partial charge in [0.1, 0.15) is 0 Å². The van der Waals surface area contributed by atoms with Gasteiger partial charge in [0, 0.05) is 11.7 Å². The third-order valence-corrected chi connectivity index (χ3v) is 3.46. The summed E-state index contributed by atoms with van der Waals surface area (Å²) in [7, 11) is 0. The van der Waals surface area contributed by atoms with Gasteiger partial charge in [-0.15, -0.1) is 0 Å². The van der Waals surface area contributed by atoms with Crippen molar-refractivity contribution in [3.8, 4) is 0 Å². The zero-order valence-electron chi connectivity index (χ0n) is 10.8. The maximum Gasteiger partial charge on any atom is 0.0345 e. The Hall–Kier alpha value is -1.02. The Morgan fingerprint density at radius 3 is 2.88 bits per heavy atom. The number of unbranched alkanes of at least 4 members (excludes halogenated alkanes) is 1. The molecule has 0 radical (unpaired) electrons. The van der Waals surface area contributed by atoms with Gasteiger partial charge in [-0.05, 0) is 56.5 Å². The fourth-order valence-corrected chi connectivity index (χ4v) is 2.40. The molecule has 1 fully saturated rings. The van der Waals surface area contributed by atoms with Crippen molar-refractivity contribution in [2.45, 2.75) is 45.1 Å². The molecule has 0 aliphatic carbocycles. The first-order chi connectivity index (χ1) is 8.38. The lowest BCUT2D eigenvalue weighted by Crippen LogP contribution is -2.35. The highest BCUT2D eigenvalue weighted by molar-refractivity contribution is 5.46. The van der Waals surface area contributed by atoms with Gasteiger partial charge in [-0.3, -0.25) is 0 Å². The smallest absolute Gasteiger partial charge is 0.0345 e. The largest absolute Gasteiger partial charge is 0.382 e. The van der Waals surface area contributed by atoms with Crippen LogP contribution in [0.5, 0.6) is 0 Å². The molecule has 1 aliphatic heterocycles. The summed E-state index contributed by atoms with van der Waals surface area (Å²) in [4.78, 5) is 0. The highest BCUT2D eigenvalue weighted by Gasteiger charge is 2.12. The third-order valence-electron chi connectivity index (χ3n) is 3.46. The van der Waals surface area contributed by atoms with E-state index in [2.05, 4.69) is 41.8 Å². The average molecular weight is 232 g/mol. The molecule has 1 aromatic rings. The van der Waals surface area contributed by atoms with Crippen LogP contribution in [-0.2, 0) is 6.42 Å². The van der Waals surface area contributed by atoms with Crippen molar-refractivity contribution >= 4 is 5.69 Å². The van der Waals surface area contributed by atoms with Crippen molar-refractivity contribution in [1.82, 2.24) is 5.32 Å². The first kappa shape index (κ1) is 12.4. The summed E-state index contributed by atoms with van der Waals surface area (Å²) in [5, 5.41) is 7.06. The van der Waals surface area contributed by atoms with E-state index in [1.165, 1.54) is 43.4 Å². The number of rotatable bonds is 5. The molecule has 0 spiro atoms. The van der Waals surface area contributed by atoms with E-state index in [0.29, 0.717) is 6.04 Å². The molecule has 0 bridgehead atoms. The molecule has 0 unspecified atom stereocenters. The van der Waals surface area contributed by atoms with Crippen LogP contribution in [0.3, 0.4) is 0 Å². The van der Waals surface area contributed by atoms with Crippen LogP contribution in [0.2, 0.25) is 0 Å². The maximum absolute atomic E-state index is 3.66. The van der Waals surface area contributed by atoms with Crippen molar-refractivity contribution in [3.63, 3.8) is 0 Å². The number of anilines is 1. The molecule has 1 heterocycles. The van der Waals surface area contributed by atoms with E-state index in [1.807, 2.05) is 0 Å². The topological polar surface area (TPSA) is 24.1 Å². The Balaban J connectivity index is 1.90. The molecule has 0 atom stereocenters. The number of piperidine rings is 1. The summed E-state index contributed by atoms with van der Waals surface area (Å²) < 4.78 is 0. The van der Waals surface area contributed by atoms with E-state index < -0.39 is 0 Å². The molecule has 2 nitrogen and oxygen atoms in total. The quantitative estimate of drug-likeness (QED) is 0.814. The van der Waals surface area contributed by atoms with Crippen LogP contribution in [0.25, 0.3) is 0 Å². The summed E-state index contributed by atoms with van der Waals surface area (Å²) >= 11 is 0. The highest BCUT2D eigenvalue weighted by Crippen LogP contribution is 2.16. The van der Waals surface area contributed by atoms with Crippen LogP contribution in [0.1, 0.15) is 38.2 Å². The summed E-state index contributed by atoms with van der Waals surface area (Å²) in [5.41, 5.74) is 2.76. The standard InChI is InChI=1S/C15H24N2/c1-2-3-5-13-6-4-7-15(12-13)17-14-8-10-16-11-9-14/h4,6-7,12,14,16-17H,2-3,5,8-11H2,1H3. The van der Waals surface area contributed by atoms with Gasteiger partial charge in [-0.1, -0.05) is 25.5 Å². The van der Waals surface area contributed by atoms with Crippen molar-refractivity contribution in [3.05, 3.63) is 29.8 Å². The van der Waals surface area contributed by atoms with Crippen molar-refractivity contribution in [1.29, 1.82) is 0 Å². The lowest BCUT2D eigenvalue weighted by atomic mass is 10.0. The van der Waals surface area contributed by atoms with Crippen molar-refractivity contribution in [2.24, 2.45) is 0 Å². The van der Waals surface area contributed by atoms with Crippen LogP contribution in [0, 0.1) is 0 Å². The van der Waals surface area contributed by atoms with E-state index in [4.69, 9.17) is 0 Å². The molecule has 2 N–H and O–H groups in total. The summed E-state index contributed by atoms with van der Waals surface area (Å²) in [5.74, 6) is 0. The Morgan fingerprint density at radius 1 is 1.29 bits per heavy atom. The molecule has 0 aromatic heterocycles. The van der Waals surface area contributed by atoms with Crippen LogP contribution < -0.4 is 10.6 Å². The number of hydrogen-bond acceptors (Lipinski definition) is 2. The van der Waals surface area contributed by atoms with E-state index in [9.17, 15) is 0 Å². The van der Waals surface area contributed by atoms with Gasteiger partial charge in [0.25, 0.3) is 0 Å². The number of nitrogens with one attached hydrogen (secondary N) is 2. The van der Waals surface area contributed by atoms with E-state index >= 15 is 0 Å². The van der Waals surface area contributed by atoms with Gasteiger partial charge in [-0.2, -0.15) is 0 Å². The van der Waals surface area contributed by atoms with E-state index in [0.717, 1.165) is 13.1 Å². The molecule has 0 saturated carbocycles. The lowest BCUT2D eigenvalue weighted by Gasteiger charge is -2.24. The minimum Gasteiger partial charge on any atom is -0.382 e. The van der Waals surface area contributed by atoms with Gasteiger partial charge in [-0.25, -0.2) is 0 Å². The summed E-state index contributed by atoms with van der Waals surface area (Å²) in [6.07, 6.45) is 6.24. The SMILES string of the molecule is CCCCc1cccc(NC2CCNCC2)c1. The molecule has 1 aromatic carbocycles. The zero-order valence-corrected chi connectivity index (χ0v) is 10.8. The normalized spacial score (nSPS) is 17.0. The van der Waals surface area contributed by atoms with Gasteiger partial charge in [0.15, 0.2) is 0 Å². The molecule has 2 heteroatoms. The molecule has 94 valence electrons.